The van der Waals surface area contributed by atoms with E-state index in [-0.39, 0.29) is 0 Å². The summed E-state index contributed by atoms with van der Waals surface area (Å²) in [5, 5.41) is 13.3. The van der Waals surface area contributed by atoms with Crippen molar-refractivity contribution in [3.05, 3.63) is 17.5 Å². The van der Waals surface area contributed by atoms with Crippen LogP contribution in [0.15, 0.2) is 6.20 Å². The Bertz CT molecular complexity index is 386. The molecule has 4 nitrogen and oxygen atoms in total. The Kier molecular flexibility index (Phi) is 3.32. The van der Waals surface area contributed by atoms with Crippen molar-refractivity contribution < 1.29 is 4.43 Å². The molecule has 0 saturated heterocycles. The minimum atomic E-state index is -1.70. The number of nitrogens with zero attached hydrogens (tertiary/aromatic N) is 3. The smallest absolute Gasteiger partial charge is 0.186 e. The lowest BCUT2D eigenvalue weighted by Crippen LogP contribution is -2.27. The summed E-state index contributed by atoms with van der Waals surface area (Å²) in [5.74, 6) is 0. The summed E-state index contributed by atoms with van der Waals surface area (Å²) < 4.78 is 7.50. The standard InChI is InChI=1S/C10H17N3OSi/c1-8-9(7-13(2)12-8)10(6-11)14-15(3,4)5/h7,10H,1-5H3. The SMILES string of the molecule is Cc1nn(C)cc1C(C#N)O[Si](C)(C)C. The van der Waals surface area contributed by atoms with Crippen LogP contribution in [0, 0.1) is 18.3 Å². The quantitative estimate of drug-likeness (QED) is 0.738. The summed E-state index contributed by atoms with van der Waals surface area (Å²) in [6.45, 7) is 8.11. The molecular formula is C10H17N3OSi. The van der Waals surface area contributed by atoms with E-state index in [2.05, 4.69) is 30.8 Å². The highest BCUT2D eigenvalue weighted by Crippen LogP contribution is 2.23. The van der Waals surface area contributed by atoms with Crippen LogP contribution < -0.4 is 0 Å². The van der Waals surface area contributed by atoms with Crippen LogP contribution in [-0.4, -0.2) is 18.1 Å². The molecule has 0 aromatic carbocycles. The minimum Gasteiger partial charge on any atom is -0.399 e. The zero-order valence-corrected chi connectivity index (χ0v) is 10.9. The first-order valence-electron chi connectivity index (χ1n) is 4.91. The predicted octanol–water partition coefficient (Wildman–Crippen LogP) is 2.14. The van der Waals surface area contributed by atoms with Crippen molar-refractivity contribution in [1.82, 2.24) is 9.78 Å². The third-order valence-electron chi connectivity index (χ3n) is 1.92. The van der Waals surface area contributed by atoms with Crippen molar-refractivity contribution in [1.29, 1.82) is 5.26 Å². The van der Waals surface area contributed by atoms with Crippen LogP contribution in [0.4, 0.5) is 0 Å². The molecular weight excluding hydrogens is 206 g/mol. The van der Waals surface area contributed by atoms with E-state index in [0.717, 1.165) is 11.3 Å². The Balaban J connectivity index is 2.94. The Morgan fingerprint density at radius 3 is 2.47 bits per heavy atom. The average Bonchev–Trinajstić information content (AvgIpc) is 2.39. The summed E-state index contributed by atoms with van der Waals surface area (Å²) in [6.07, 6.45) is 1.37. The molecule has 0 aliphatic rings. The van der Waals surface area contributed by atoms with Gasteiger partial charge in [-0.1, -0.05) is 0 Å². The molecule has 1 aromatic rings. The molecule has 15 heavy (non-hydrogen) atoms. The molecule has 82 valence electrons. The Labute approximate surface area is 91.6 Å². The van der Waals surface area contributed by atoms with Crippen molar-refractivity contribution in [2.24, 2.45) is 7.05 Å². The first-order valence-corrected chi connectivity index (χ1v) is 8.32. The second-order valence-corrected chi connectivity index (χ2v) is 9.04. The van der Waals surface area contributed by atoms with Gasteiger partial charge in [-0.3, -0.25) is 4.68 Å². The fourth-order valence-corrected chi connectivity index (χ4v) is 2.28. The highest BCUT2D eigenvalue weighted by atomic mass is 28.4. The lowest BCUT2D eigenvalue weighted by molar-refractivity contribution is 0.254. The summed E-state index contributed by atoms with van der Waals surface area (Å²) >= 11 is 0. The lowest BCUT2D eigenvalue weighted by Gasteiger charge is -2.21. The maximum atomic E-state index is 9.09. The molecule has 0 bridgehead atoms. The van der Waals surface area contributed by atoms with Gasteiger partial charge in [-0.15, -0.1) is 0 Å². The normalized spacial score (nSPS) is 13.6. The van der Waals surface area contributed by atoms with Crippen molar-refractivity contribution >= 4 is 8.32 Å². The molecule has 0 spiro atoms. The van der Waals surface area contributed by atoms with E-state index in [4.69, 9.17) is 9.69 Å². The molecule has 0 N–H and O–H groups in total. The summed E-state index contributed by atoms with van der Waals surface area (Å²) in [7, 11) is 0.149. The van der Waals surface area contributed by atoms with Gasteiger partial charge in [0.15, 0.2) is 14.4 Å². The lowest BCUT2D eigenvalue weighted by atomic mass is 10.2. The van der Waals surface area contributed by atoms with E-state index >= 15 is 0 Å². The first kappa shape index (κ1) is 11.9. The molecule has 0 aliphatic carbocycles. The van der Waals surface area contributed by atoms with Gasteiger partial charge in [-0.25, -0.2) is 0 Å². The third kappa shape index (κ3) is 3.18. The van der Waals surface area contributed by atoms with Gasteiger partial charge in [0, 0.05) is 18.8 Å². The number of aromatic nitrogens is 2. The molecule has 0 aliphatic heterocycles. The third-order valence-corrected chi connectivity index (χ3v) is 2.87. The zero-order chi connectivity index (χ0) is 11.6. The Hall–Kier alpha value is -1.12. The summed E-state index contributed by atoms with van der Waals surface area (Å²) in [6, 6.07) is 2.19. The maximum absolute atomic E-state index is 9.09. The van der Waals surface area contributed by atoms with E-state index < -0.39 is 14.4 Å². The van der Waals surface area contributed by atoms with Gasteiger partial charge >= 0.3 is 0 Å². The number of hydrogen-bond acceptors (Lipinski definition) is 3. The number of rotatable bonds is 3. The topological polar surface area (TPSA) is 50.8 Å². The highest BCUT2D eigenvalue weighted by molar-refractivity contribution is 6.69. The van der Waals surface area contributed by atoms with E-state index in [1.54, 1.807) is 4.68 Å². The predicted molar refractivity (Wildman–Crippen MR) is 60.7 cm³/mol. The van der Waals surface area contributed by atoms with Crippen LogP contribution in [0.1, 0.15) is 17.4 Å². The molecule has 5 heteroatoms. The number of hydrogen-bond donors (Lipinski definition) is 0. The minimum absolute atomic E-state index is 0.481. The number of nitriles is 1. The summed E-state index contributed by atoms with van der Waals surface area (Å²) in [5.41, 5.74) is 1.74. The molecule has 0 fully saturated rings. The molecule has 1 atom stereocenters. The fraction of sp³-hybridized carbons (Fsp3) is 0.600. The van der Waals surface area contributed by atoms with Gasteiger partial charge in [0.25, 0.3) is 0 Å². The van der Waals surface area contributed by atoms with Crippen molar-refractivity contribution in [2.75, 3.05) is 0 Å². The molecule has 1 aromatic heterocycles. The molecule has 1 heterocycles. The molecule has 1 rings (SSSR count). The van der Waals surface area contributed by atoms with Gasteiger partial charge in [0.05, 0.1) is 11.8 Å². The van der Waals surface area contributed by atoms with Crippen LogP contribution in [-0.2, 0) is 11.5 Å². The monoisotopic (exact) mass is 223 g/mol. The van der Waals surface area contributed by atoms with Crippen LogP contribution in [0.5, 0.6) is 0 Å². The second-order valence-electron chi connectivity index (χ2n) is 4.58. The van der Waals surface area contributed by atoms with Crippen LogP contribution >= 0.6 is 0 Å². The zero-order valence-electron chi connectivity index (χ0n) is 9.90. The Morgan fingerprint density at radius 1 is 1.53 bits per heavy atom. The van der Waals surface area contributed by atoms with E-state index in [1.165, 1.54) is 0 Å². The molecule has 0 radical (unpaired) electrons. The second kappa shape index (κ2) is 4.17. The van der Waals surface area contributed by atoms with E-state index in [1.807, 2.05) is 20.2 Å². The van der Waals surface area contributed by atoms with Crippen LogP contribution in [0.25, 0.3) is 0 Å². The highest BCUT2D eigenvalue weighted by Gasteiger charge is 2.24. The van der Waals surface area contributed by atoms with E-state index in [0.29, 0.717) is 0 Å². The Morgan fingerprint density at radius 2 is 2.13 bits per heavy atom. The average molecular weight is 223 g/mol. The molecule has 0 saturated carbocycles. The van der Waals surface area contributed by atoms with Crippen LogP contribution in [0.3, 0.4) is 0 Å². The first-order chi connectivity index (χ1) is 6.83. The van der Waals surface area contributed by atoms with Gasteiger partial charge in [0.2, 0.25) is 0 Å². The summed E-state index contributed by atoms with van der Waals surface area (Å²) in [4.78, 5) is 0. The molecule has 0 amide bonds. The largest absolute Gasteiger partial charge is 0.399 e. The van der Waals surface area contributed by atoms with Gasteiger partial charge in [-0.2, -0.15) is 10.4 Å². The van der Waals surface area contributed by atoms with Crippen molar-refractivity contribution in [2.45, 2.75) is 32.7 Å². The number of aryl methyl sites for hydroxylation is 2. The maximum Gasteiger partial charge on any atom is 0.186 e. The van der Waals surface area contributed by atoms with Crippen LogP contribution in [0.2, 0.25) is 19.6 Å². The molecule has 1 unspecified atom stereocenters. The van der Waals surface area contributed by atoms with Gasteiger partial charge in [0.1, 0.15) is 0 Å². The van der Waals surface area contributed by atoms with E-state index in [9.17, 15) is 0 Å². The fourth-order valence-electron chi connectivity index (χ4n) is 1.39. The van der Waals surface area contributed by atoms with Gasteiger partial charge < -0.3 is 4.43 Å². The van der Waals surface area contributed by atoms with Crippen molar-refractivity contribution in [3.63, 3.8) is 0 Å². The van der Waals surface area contributed by atoms with Gasteiger partial charge in [-0.05, 0) is 26.6 Å². The van der Waals surface area contributed by atoms with Crippen molar-refractivity contribution in [3.8, 4) is 6.07 Å².